The van der Waals surface area contributed by atoms with Gasteiger partial charge in [0.15, 0.2) is 5.54 Å². The van der Waals surface area contributed by atoms with Crippen molar-refractivity contribution < 1.29 is 9.53 Å². The first kappa shape index (κ1) is 17.1. The molecule has 1 N–H and O–H groups in total. The summed E-state index contributed by atoms with van der Waals surface area (Å²) in [4.78, 5) is 12.5. The average molecular weight is 295 g/mol. The number of hydrogen-bond acceptors (Lipinski definition) is 4. The van der Waals surface area contributed by atoms with Crippen molar-refractivity contribution >= 4 is 17.7 Å². The van der Waals surface area contributed by atoms with Gasteiger partial charge in [0.1, 0.15) is 0 Å². The average Bonchev–Trinajstić information content (AvgIpc) is 2.49. The molecule has 0 spiro atoms. The molecule has 0 radical (unpaired) electrons. The van der Waals surface area contributed by atoms with Crippen LogP contribution in [0.25, 0.3) is 0 Å². The zero-order chi connectivity index (χ0) is 14.8. The van der Waals surface area contributed by atoms with E-state index >= 15 is 0 Å². The monoisotopic (exact) mass is 295 g/mol. The second-order valence-corrected chi connectivity index (χ2v) is 5.75. The highest BCUT2D eigenvalue weighted by Gasteiger charge is 2.40. The fourth-order valence-electron chi connectivity index (χ4n) is 2.03. The predicted octanol–water partition coefficient (Wildman–Crippen LogP) is 3.20. The first-order valence-electron chi connectivity index (χ1n) is 7.20. The number of hydrogen-bond donors (Lipinski definition) is 1. The van der Waals surface area contributed by atoms with E-state index in [9.17, 15) is 4.79 Å². The van der Waals surface area contributed by atoms with Crippen molar-refractivity contribution in [1.29, 1.82) is 0 Å². The third kappa shape index (κ3) is 4.25. The Morgan fingerprint density at radius 3 is 2.55 bits per heavy atom. The van der Waals surface area contributed by atoms with Crippen LogP contribution in [0.5, 0.6) is 0 Å². The Kier molecular flexibility index (Phi) is 7.70. The summed E-state index contributed by atoms with van der Waals surface area (Å²) in [5, 5.41) is 3.20. The summed E-state index contributed by atoms with van der Waals surface area (Å²) in [6.45, 7) is 4.41. The molecular formula is C16H25NO2S. The number of likely N-dealkylation sites (N-methyl/N-ethyl adjacent to an activating group) is 1. The molecule has 0 heterocycles. The van der Waals surface area contributed by atoms with Crippen LogP contribution >= 0.6 is 11.8 Å². The Hall–Kier alpha value is -1.00. The van der Waals surface area contributed by atoms with Crippen LogP contribution in [0.4, 0.5) is 0 Å². The second kappa shape index (κ2) is 9.03. The molecule has 0 aliphatic heterocycles. The number of carbonyl (C=O) groups excluding carboxylic acids is 1. The number of nitrogens with one attached hydrogen (secondary N) is 1. The van der Waals surface area contributed by atoms with Crippen molar-refractivity contribution in [2.24, 2.45) is 0 Å². The second-order valence-electron chi connectivity index (χ2n) is 4.65. The van der Waals surface area contributed by atoms with E-state index in [0.29, 0.717) is 12.4 Å². The van der Waals surface area contributed by atoms with Crippen molar-refractivity contribution in [2.75, 3.05) is 25.2 Å². The standard InChI is InChI=1S/C16H25NO2S/c1-4-6-12-20-13-16(17-3,15(18)19-5-2)14-10-8-7-9-11-14/h7-11,17H,4-6,12-13H2,1-3H3. The Bertz CT molecular complexity index is 397. The minimum absolute atomic E-state index is 0.197. The number of unbranched alkanes of at least 4 members (excludes halogenated alkanes) is 1. The maximum absolute atomic E-state index is 12.5. The highest BCUT2D eigenvalue weighted by molar-refractivity contribution is 7.99. The van der Waals surface area contributed by atoms with Crippen molar-refractivity contribution in [1.82, 2.24) is 5.32 Å². The Labute approximate surface area is 126 Å². The van der Waals surface area contributed by atoms with Crippen LogP contribution in [0, 0.1) is 0 Å². The predicted molar refractivity (Wildman–Crippen MR) is 86.0 cm³/mol. The maximum Gasteiger partial charge on any atom is 0.331 e. The van der Waals surface area contributed by atoms with Gasteiger partial charge < -0.3 is 10.1 Å². The van der Waals surface area contributed by atoms with Crippen molar-refractivity contribution in [2.45, 2.75) is 32.2 Å². The van der Waals surface area contributed by atoms with Crippen molar-refractivity contribution in [3.63, 3.8) is 0 Å². The van der Waals surface area contributed by atoms with Crippen LogP contribution in [0.1, 0.15) is 32.3 Å². The number of esters is 1. The molecule has 0 fully saturated rings. The Balaban J connectivity index is 2.94. The normalized spacial score (nSPS) is 13.8. The van der Waals surface area contributed by atoms with E-state index < -0.39 is 5.54 Å². The zero-order valence-electron chi connectivity index (χ0n) is 12.6. The zero-order valence-corrected chi connectivity index (χ0v) is 13.5. The van der Waals surface area contributed by atoms with Gasteiger partial charge in [0.05, 0.1) is 6.61 Å². The van der Waals surface area contributed by atoms with Crippen molar-refractivity contribution in [3.8, 4) is 0 Å². The molecule has 0 aromatic heterocycles. The highest BCUT2D eigenvalue weighted by atomic mass is 32.2. The Morgan fingerprint density at radius 2 is 2.00 bits per heavy atom. The quantitative estimate of drug-likeness (QED) is 0.561. The molecule has 0 aliphatic rings. The smallest absolute Gasteiger partial charge is 0.331 e. The highest BCUT2D eigenvalue weighted by Crippen LogP contribution is 2.27. The fourth-order valence-corrected chi connectivity index (χ4v) is 3.40. The molecule has 0 saturated heterocycles. The number of rotatable bonds is 9. The lowest BCUT2D eigenvalue weighted by molar-refractivity contribution is -0.150. The lowest BCUT2D eigenvalue weighted by Crippen LogP contribution is -2.50. The third-order valence-electron chi connectivity index (χ3n) is 3.28. The SMILES string of the molecule is CCCCSCC(NC)(C(=O)OCC)c1ccccc1. The molecule has 112 valence electrons. The minimum atomic E-state index is -0.754. The van der Waals surface area contributed by atoms with Gasteiger partial charge in [-0.3, -0.25) is 0 Å². The summed E-state index contributed by atoms with van der Waals surface area (Å²) in [6.07, 6.45) is 2.34. The number of carbonyl (C=O) groups is 1. The molecule has 0 saturated carbocycles. The van der Waals surface area contributed by atoms with Crippen LogP contribution in [0.15, 0.2) is 30.3 Å². The lowest BCUT2D eigenvalue weighted by atomic mass is 9.92. The van der Waals surface area contributed by atoms with Crippen LogP contribution in [-0.2, 0) is 15.1 Å². The minimum Gasteiger partial charge on any atom is -0.464 e. The first-order valence-corrected chi connectivity index (χ1v) is 8.36. The van der Waals surface area contributed by atoms with Crippen LogP contribution in [-0.4, -0.2) is 31.1 Å². The fraction of sp³-hybridized carbons (Fsp3) is 0.562. The number of thioether (sulfide) groups is 1. The van der Waals surface area contributed by atoms with Crippen LogP contribution in [0.3, 0.4) is 0 Å². The van der Waals surface area contributed by atoms with Gasteiger partial charge in [-0.15, -0.1) is 0 Å². The van der Waals surface area contributed by atoms with Gasteiger partial charge in [-0.1, -0.05) is 43.7 Å². The van der Waals surface area contributed by atoms with E-state index in [0.717, 1.165) is 11.3 Å². The molecule has 1 rings (SSSR count). The van der Waals surface area contributed by atoms with Gasteiger partial charge in [0, 0.05) is 5.75 Å². The molecule has 0 bridgehead atoms. The van der Waals surface area contributed by atoms with E-state index in [1.807, 2.05) is 44.3 Å². The molecule has 1 aromatic rings. The summed E-state index contributed by atoms with van der Waals surface area (Å²) in [6, 6.07) is 9.83. The van der Waals surface area contributed by atoms with E-state index in [4.69, 9.17) is 4.74 Å². The molecule has 1 atom stereocenters. The third-order valence-corrected chi connectivity index (χ3v) is 4.49. The molecule has 0 aliphatic carbocycles. The molecular weight excluding hydrogens is 270 g/mol. The number of benzene rings is 1. The van der Waals surface area contributed by atoms with E-state index in [-0.39, 0.29) is 5.97 Å². The van der Waals surface area contributed by atoms with Crippen molar-refractivity contribution in [3.05, 3.63) is 35.9 Å². The maximum atomic E-state index is 12.5. The summed E-state index contributed by atoms with van der Waals surface area (Å²) in [5.74, 6) is 1.55. The molecule has 4 heteroatoms. The Morgan fingerprint density at radius 1 is 1.30 bits per heavy atom. The number of ether oxygens (including phenoxy) is 1. The van der Waals surface area contributed by atoms with Gasteiger partial charge in [-0.25, -0.2) is 4.79 Å². The van der Waals surface area contributed by atoms with Gasteiger partial charge >= 0.3 is 5.97 Å². The summed E-state index contributed by atoms with van der Waals surface area (Å²) >= 11 is 1.80. The lowest BCUT2D eigenvalue weighted by Gasteiger charge is -2.31. The van der Waals surface area contributed by atoms with Crippen LogP contribution < -0.4 is 5.32 Å². The van der Waals surface area contributed by atoms with Gasteiger partial charge in [0.2, 0.25) is 0 Å². The molecule has 0 amide bonds. The van der Waals surface area contributed by atoms with Gasteiger partial charge in [-0.05, 0) is 31.7 Å². The van der Waals surface area contributed by atoms with E-state index in [1.54, 1.807) is 11.8 Å². The molecule has 3 nitrogen and oxygen atoms in total. The van der Waals surface area contributed by atoms with Gasteiger partial charge in [-0.2, -0.15) is 11.8 Å². The largest absolute Gasteiger partial charge is 0.464 e. The summed E-state index contributed by atoms with van der Waals surface area (Å²) in [5.41, 5.74) is 0.209. The molecule has 1 unspecified atom stereocenters. The summed E-state index contributed by atoms with van der Waals surface area (Å²) < 4.78 is 5.29. The van der Waals surface area contributed by atoms with E-state index in [2.05, 4.69) is 12.2 Å². The first-order chi connectivity index (χ1) is 9.71. The topological polar surface area (TPSA) is 38.3 Å². The molecule has 20 heavy (non-hydrogen) atoms. The molecule has 1 aromatic carbocycles. The van der Waals surface area contributed by atoms with Crippen LogP contribution in [0.2, 0.25) is 0 Å². The van der Waals surface area contributed by atoms with Gasteiger partial charge in [0.25, 0.3) is 0 Å². The van der Waals surface area contributed by atoms with E-state index in [1.165, 1.54) is 12.8 Å². The summed E-state index contributed by atoms with van der Waals surface area (Å²) in [7, 11) is 1.82.